The third-order valence-corrected chi connectivity index (χ3v) is 14.3. The summed E-state index contributed by atoms with van der Waals surface area (Å²) in [5.74, 6) is -6.26. The quantitative estimate of drug-likeness (QED) is 0.227. The van der Waals surface area contributed by atoms with Crippen molar-refractivity contribution in [1.82, 2.24) is 0 Å². The van der Waals surface area contributed by atoms with Crippen LogP contribution in [-0.4, -0.2) is 64.1 Å². The van der Waals surface area contributed by atoms with E-state index in [4.69, 9.17) is 28.7 Å². The smallest absolute Gasteiger partial charge is 0.449 e. The number of halogens is 6. The maximum atomic E-state index is 14.7. The van der Waals surface area contributed by atoms with E-state index >= 15 is 0 Å². The number of hydrogen-bond acceptors (Lipinski definition) is 7. The highest BCUT2D eigenvalue weighted by Gasteiger charge is 2.80. The predicted octanol–water partition coefficient (Wildman–Crippen LogP) is 7.24. The molecule has 0 aromatic rings. The van der Waals surface area contributed by atoms with Crippen molar-refractivity contribution in [3.8, 4) is 0 Å². The van der Waals surface area contributed by atoms with Gasteiger partial charge in [0, 0.05) is 46.0 Å². The second-order valence-electron chi connectivity index (χ2n) is 15.6. The minimum absolute atomic E-state index is 0.0629. The van der Waals surface area contributed by atoms with E-state index in [1.54, 1.807) is 6.92 Å². The summed E-state index contributed by atoms with van der Waals surface area (Å²) >= 11 is 0. The molecular weight excluding hydrogens is 654 g/mol. The lowest BCUT2D eigenvalue weighted by molar-refractivity contribution is -0.557. The summed E-state index contributed by atoms with van der Waals surface area (Å²) in [5.41, 5.74) is -2.42. The first-order valence-electron chi connectivity index (χ1n) is 17.0. The second kappa shape index (κ2) is 10.6. The normalized spacial score (nSPS) is 49.5. The Hall–Kier alpha value is -1.35. The van der Waals surface area contributed by atoms with Gasteiger partial charge in [0.15, 0.2) is 5.60 Å². The van der Waals surface area contributed by atoms with Gasteiger partial charge in [-0.25, -0.2) is 9.78 Å². The molecule has 47 heavy (non-hydrogen) atoms. The molecule has 2 spiro atoms. The van der Waals surface area contributed by atoms with Gasteiger partial charge in [0.25, 0.3) is 0 Å². The zero-order valence-corrected chi connectivity index (χ0v) is 27.7. The van der Waals surface area contributed by atoms with Crippen molar-refractivity contribution in [3.63, 3.8) is 0 Å². The molecule has 2 bridgehead atoms. The standard InChI is InChI=1S/C33H42F6O7S/c1-15-5-8-22-18(24(32(34,35)36)42-27-26-30(22,27)20(15)10-7-17(3)41-26)13-47(40)14-19-23-9-6-16(2)21-11-12-29(4)44-28(31(21,23)46-45-29)43-25(19)33(37,38)39/h15-17,20-23,26-28H,5-14H2,1-4H3/t15-,16-,17+,20?,21?,22+,23+,26?,27+,28-,29-,30-,31-,47?/m1/s1. The molecule has 4 unspecified atom stereocenters. The Balaban J connectivity index is 1.16. The maximum absolute atomic E-state index is 14.7. The Morgan fingerprint density at radius 3 is 2.04 bits per heavy atom. The molecule has 3 saturated carbocycles. The first kappa shape index (κ1) is 32.8. The molecule has 6 heterocycles. The molecule has 9 aliphatic rings. The summed E-state index contributed by atoms with van der Waals surface area (Å²) in [4.78, 5) is 11.7. The summed E-state index contributed by atoms with van der Waals surface area (Å²) in [6.45, 7) is 7.66. The Kier molecular flexibility index (Phi) is 7.39. The van der Waals surface area contributed by atoms with Crippen LogP contribution in [0.1, 0.15) is 79.1 Å². The van der Waals surface area contributed by atoms with Gasteiger partial charge in [-0.2, -0.15) is 26.3 Å². The fourth-order valence-corrected chi connectivity index (χ4v) is 12.4. The molecule has 3 aliphatic carbocycles. The van der Waals surface area contributed by atoms with E-state index in [-0.39, 0.29) is 47.3 Å². The van der Waals surface area contributed by atoms with Crippen LogP contribution < -0.4 is 0 Å². The van der Waals surface area contributed by atoms with Crippen LogP contribution in [0.3, 0.4) is 0 Å². The van der Waals surface area contributed by atoms with Crippen molar-refractivity contribution in [3.05, 3.63) is 22.7 Å². The first-order valence-corrected chi connectivity index (χ1v) is 18.5. The molecule has 6 aliphatic heterocycles. The maximum Gasteiger partial charge on any atom is 0.449 e. The molecule has 0 radical (unpaired) electrons. The highest BCUT2D eigenvalue weighted by atomic mass is 32.2. The average molecular weight is 697 g/mol. The molecule has 7 nitrogen and oxygen atoms in total. The molecule has 14 heteroatoms. The van der Waals surface area contributed by atoms with Crippen molar-refractivity contribution in [2.45, 2.75) is 127 Å². The van der Waals surface area contributed by atoms with E-state index in [0.29, 0.717) is 32.1 Å². The second-order valence-corrected chi connectivity index (χ2v) is 17.1. The van der Waals surface area contributed by atoms with Crippen molar-refractivity contribution in [1.29, 1.82) is 0 Å². The molecule has 14 atom stereocenters. The van der Waals surface area contributed by atoms with Gasteiger partial charge < -0.3 is 18.9 Å². The van der Waals surface area contributed by atoms with E-state index in [1.807, 2.05) is 13.8 Å². The number of hydrogen-bond donors (Lipinski definition) is 0. The Morgan fingerprint density at radius 1 is 0.745 bits per heavy atom. The predicted molar refractivity (Wildman–Crippen MR) is 154 cm³/mol. The molecule has 4 saturated heterocycles. The van der Waals surface area contributed by atoms with Crippen LogP contribution in [0.4, 0.5) is 26.3 Å². The summed E-state index contributed by atoms with van der Waals surface area (Å²) < 4.78 is 126. The van der Waals surface area contributed by atoms with E-state index in [1.165, 1.54) is 0 Å². The average Bonchev–Trinajstić information content (AvgIpc) is 3.68. The van der Waals surface area contributed by atoms with Crippen molar-refractivity contribution >= 4 is 10.8 Å². The van der Waals surface area contributed by atoms with Gasteiger partial charge in [0.2, 0.25) is 23.6 Å². The molecule has 0 aromatic carbocycles. The molecule has 0 N–H and O–H groups in total. The molecule has 0 amide bonds. The summed E-state index contributed by atoms with van der Waals surface area (Å²) in [6.07, 6.45) is -8.03. The third kappa shape index (κ3) is 4.69. The molecular formula is C33H42F6O7S. The fraction of sp³-hybridized carbons (Fsp3) is 0.879. The summed E-state index contributed by atoms with van der Waals surface area (Å²) in [7, 11) is -2.17. The molecule has 0 aromatic heterocycles. The van der Waals surface area contributed by atoms with Gasteiger partial charge in [-0.1, -0.05) is 13.8 Å². The topological polar surface area (TPSA) is 72.5 Å². The van der Waals surface area contributed by atoms with Crippen LogP contribution >= 0.6 is 0 Å². The van der Waals surface area contributed by atoms with E-state index in [2.05, 4.69) is 6.92 Å². The Bertz CT molecular complexity index is 1410. The minimum Gasteiger partial charge on any atom is -0.482 e. The minimum atomic E-state index is -4.95. The van der Waals surface area contributed by atoms with Crippen LogP contribution in [-0.2, 0) is 39.5 Å². The lowest BCUT2D eigenvalue weighted by Gasteiger charge is -2.57. The van der Waals surface area contributed by atoms with E-state index in [0.717, 1.165) is 12.8 Å². The van der Waals surface area contributed by atoms with Crippen LogP contribution in [0.5, 0.6) is 0 Å². The van der Waals surface area contributed by atoms with Gasteiger partial charge in [-0.3, -0.25) is 4.21 Å². The number of ether oxygens (including phenoxy) is 4. The largest absolute Gasteiger partial charge is 0.482 e. The van der Waals surface area contributed by atoms with Gasteiger partial charge in [-0.15, -0.1) is 0 Å². The Labute approximate surface area is 272 Å². The van der Waals surface area contributed by atoms with Gasteiger partial charge >= 0.3 is 12.4 Å². The highest BCUT2D eigenvalue weighted by molar-refractivity contribution is 7.85. The monoisotopic (exact) mass is 696 g/mol. The van der Waals surface area contributed by atoms with E-state index in [9.17, 15) is 30.6 Å². The first-order chi connectivity index (χ1) is 22.0. The third-order valence-electron chi connectivity index (χ3n) is 13.0. The highest BCUT2D eigenvalue weighted by Crippen LogP contribution is 2.73. The van der Waals surface area contributed by atoms with Crippen LogP contribution in [0.2, 0.25) is 0 Å². The lowest BCUT2D eigenvalue weighted by Crippen LogP contribution is -2.67. The number of fused-ring (bicyclic) bond motifs is 3. The molecule has 264 valence electrons. The van der Waals surface area contributed by atoms with Crippen LogP contribution in [0.25, 0.3) is 0 Å². The zero-order valence-electron chi connectivity index (χ0n) is 26.9. The van der Waals surface area contributed by atoms with Crippen LogP contribution in [0.15, 0.2) is 22.7 Å². The van der Waals surface area contributed by atoms with Gasteiger partial charge in [0.05, 0.1) is 6.10 Å². The summed E-state index contributed by atoms with van der Waals surface area (Å²) in [6, 6.07) is 0. The zero-order chi connectivity index (χ0) is 33.5. The number of alkyl halides is 6. The lowest BCUT2D eigenvalue weighted by atomic mass is 9.59. The number of rotatable bonds is 4. The summed E-state index contributed by atoms with van der Waals surface area (Å²) in [5, 5.41) is 0. The van der Waals surface area contributed by atoms with E-state index < -0.39 is 93.3 Å². The van der Waals surface area contributed by atoms with Gasteiger partial charge in [-0.05, 0) is 93.6 Å². The van der Waals surface area contributed by atoms with Crippen molar-refractivity contribution in [2.24, 2.45) is 40.9 Å². The van der Waals surface area contributed by atoms with Crippen molar-refractivity contribution < 1.29 is 59.3 Å². The van der Waals surface area contributed by atoms with Crippen LogP contribution in [0, 0.1) is 40.9 Å². The molecule has 7 fully saturated rings. The van der Waals surface area contributed by atoms with Gasteiger partial charge in [0.1, 0.15) is 12.2 Å². The Morgan fingerprint density at radius 2 is 1.36 bits per heavy atom. The fourth-order valence-electron chi connectivity index (χ4n) is 11.0. The van der Waals surface area contributed by atoms with Crippen molar-refractivity contribution in [2.75, 3.05) is 11.5 Å². The number of allylic oxidation sites excluding steroid dienone is 2. The SMILES string of the molecule is C[C@@H]1CC[C@H]2C(CS(=O)CC3=C(C(F)(F)F)O[C@H]4C5O[C@@H](C)CCC6[C@H](C)CC[C@@H]3[C@]654)=C(C(F)(F)F)O[C@@H]3O[C@@]4(C)CCC1[C@]32OO4. The molecule has 9 rings (SSSR count).